The molecule has 3 heterocycles. The van der Waals surface area contributed by atoms with Gasteiger partial charge >= 0.3 is 0 Å². The Morgan fingerprint density at radius 2 is 2.00 bits per heavy atom. The normalized spacial score (nSPS) is 10.8. The molecule has 0 N–H and O–H groups in total. The highest BCUT2D eigenvalue weighted by atomic mass is 32.2. The van der Waals surface area contributed by atoms with Crippen molar-refractivity contribution < 1.29 is 13.7 Å². The molecule has 24 heavy (non-hydrogen) atoms. The van der Waals surface area contributed by atoms with Crippen LogP contribution in [0.1, 0.15) is 22.1 Å². The molecule has 0 radical (unpaired) electrons. The molecule has 0 aromatic carbocycles. The number of carbonyl (C=O) groups is 1. The summed E-state index contributed by atoms with van der Waals surface area (Å²) in [5.74, 6) is 2.28. The monoisotopic (exact) mass is 343 g/mol. The lowest BCUT2D eigenvalue weighted by molar-refractivity contribution is 0.0739. The van der Waals surface area contributed by atoms with Crippen molar-refractivity contribution in [3.8, 4) is 11.3 Å². The van der Waals surface area contributed by atoms with Crippen LogP contribution in [0.15, 0.2) is 51.7 Å². The van der Waals surface area contributed by atoms with Crippen LogP contribution < -0.4 is 0 Å². The maximum absolute atomic E-state index is 12.4. The first-order valence-corrected chi connectivity index (χ1v) is 8.76. The zero-order valence-electron chi connectivity index (χ0n) is 13.4. The van der Waals surface area contributed by atoms with Gasteiger partial charge in [0.1, 0.15) is 11.5 Å². The number of nitrogens with zero attached hydrogens (tertiary/aromatic N) is 3. The number of carbonyl (C=O) groups excluding carboxylic acids is 1. The molecule has 3 aromatic rings. The lowest BCUT2D eigenvalue weighted by Crippen LogP contribution is -2.25. The van der Waals surface area contributed by atoms with E-state index in [1.807, 2.05) is 30.5 Å². The molecule has 0 aliphatic rings. The first kappa shape index (κ1) is 16.3. The fourth-order valence-corrected chi connectivity index (χ4v) is 2.69. The predicted octanol–water partition coefficient (Wildman–Crippen LogP) is 3.46. The van der Waals surface area contributed by atoms with E-state index < -0.39 is 0 Å². The third kappa shape index (κ3) is 3.68. The fraction of sp³-hybridized carbons (Fsp3) is 0.235. The third-order valence-electron chi connectivity index (χ3n) is 3.43. The molecular weight excluding hydrogens is 326 g/mol. The van der Waals surface area contributed by atoms with Gasteiger partial charge in [-0.25, -0.2) is 0 Å². The number of hydrogen-bond donors (Lipinski definition) is 0. The molecular formula is C17H17N3O3S. The Hall–Kier alpha value is -2.54. The lowest BCUT2D eigenvalue weighted by Gasteiger charge is -2.13. The minimum Gasteiger partial charge on any atom is -0.455 e. The lowest BCUT2D eigenvalue weighted by atomic mass is 10.2. The summed E-state index contributed by atoms with van der Waals surface area (Å²) in [6.45, 7) is 0.315. The Morgan fingerprint density at radius 1 is 1.21 bits per heavy atom. The molecule has 0 atom stereocenters. The topological polar surface area (TPSA) is 72.4 Å². The molecule has 0 fully saturated rings. The number of amides is 1. The number of furan rings is 1. The summed E-state index contributed by atoms with van der Waals surface area (Å²) in [4.78, 5) is 17.9. The summed E-state index contributed by atoms with van der Waals surface area (Å²) in [7, 11) is 1.70. The smallest absolute Gasteiger partial charge is 0.289 e. The molecule has 0 saturated carbocycles. The molecule has 3 aromatic heterocycles. The second kappa shape index (κ2) is 7.35. The van der Waals surface area contributed by atoms with Gasteiger partial charge in [-0.1, -0.05) is 5.16 Å². The van der Waals surface area contributed by atoms with Crippen LogP contribution in [0.2, 0.25) is 0 Å². The van der Waals surface area contributed by atoms with Crippen LogP contribution in [0.25, 0.3) is 11.3 Å². The average molecular weight is 343 g/mol. The zero-order valence-corrected chi connectivity index (χ0v) is 14.2. The Balaban J connectivity index is 1.67. The SMILES string of the molecule is CSCc1ccc(C(=O)N(C)Cc2cc(-c3ccncc3)no2)o1. The van der Waals surface area contributed by atoms with E-state index in [1.54, 1.807) is 42.2 Å². The van der Waals surface area contributed by atoms with Crippen molar-refractivity contribution >= 4 is 17.7 Å². The Labute approximate surface area is 143 Å². The molecule has 0 saturated heterocycles. The standard InChI is InChI=1S/C17H17N3O3S/c1-20(17(21)16-4-3-13(22-16)11-24-2)10-14-9-15(19-23-14)12-5-7-18-8-6-12/h3-9H,10-11H2,1-2H3. The molecule has 0 aliphatic heterocycles. The molecule has 0 bridgehead atoms. The van der Waals surface area contributed by atoms with Gasteiger partial charge in [-0.15, -0.1) is 0 Å². The van der Waals surface area contributed by atoms with Gasteiger partial charge in [0.2, 0.25) is 0 Å². The van der Waals surface area contributed by atoms with E-state index >= 15 is 0 Å². The first-order chi connectivity index (χ1) is 11.7. The van der Waals surface area contributed by atoms with E-state index in [-0.39, 0.29) is 5.91 Å². The molecule has 6 nitrogen and oxygen atoms in total. The van der Waals surface area contributed by atoms with Gasteiger partial charge in [0.05, 0.1) is 12.3 Å². The van der Waals surface area contributed by atoms with Gasteiger partial charge < -0.3 is 13.8 Å². The van der Waals surface area contributed by atoms with Crippen LogP contribution >= 0.6 is 11.8 Å². The number of aromatic nitrogens is 2. The Kier molecular flexibility index (Phi) is 5.00. The molecule has 7 heteroatoms. The van der Waals surface area contributed by atoms with Crippen LogP contribution in [-0.4, -0.2) is 34.3 Å². The summed E-state index contributed by atoms with van der Waals surface area (Å²) in [6.07, 6.45) is 5.38. The minimum absolute atomic E-state index is 0.191. The second-order valence-electron chi connectivity index (χ2n) is 5.27. The van der Waals surface area contributed by atoms with Crippen LogP contribution in [0.3, 0.4) is 0 Å². The van der Waals surface area contributed by atoms with Crippen molar-refractivity contribution in [2.75, 3.05) is 13.3 Å². The quantitative estimate of drug-likeness (QED) is 0.682. The van der Waals surface area contributed by atoms with E-state index in [9.17, 15) is 4.79 Å². The van der Waals surface area contributed by atoms with Gasteiger partial charge in [0, 0.05) is 31.1 Å². The molecule has 0 spiro atoms. The van der Waals surface area contributed by atoms with Gasteiger partial charge in [0.25, 0.3) is 5.91 Å². The molecule has 0 aliphatic carbocycles. The van der Waals surface area contributed by atoms with E-state index in [1.165, 1.54) is 0 Å². The maximum atomic E-state index is 12.4. The van der Waals surface area contributed by atoms with Crippen molar-refractivity contribution in [3.05, 3.63) is 60.0 Å². The van der Waals surface area contributed by atoms with E-state index in [4.69, 9.17) is 8.94 Å². The molecule has 1 amide bonds. The summed E-state index contributed by atoms with van der Waals surface area (Å²) in [5.41, 5.74) is 1.63. The van der Waals surface area contributed by atoms with Crippen molar-refractivity contribution in [1.82, 2.24) is 15.0 Å². The van der Waals surface area contributed by atoms with Gasteiger partial charge in [-0.2, -0.15) is 11.8 Å². The van der Waals surface area contributed by atoms with Crippen LogP contribution in [0.4, 0.5) is 0 Å². The molecule has 0 unspecified atom stereocenters. The zero-order chi connectivity index (χ0) is 16.9. The highest BCUT2D eigenvalue weighted by molar-refractivity contribution is 7.97. The second-order valence-corrected chi connectivity index (χ2v) is 6.14. The summed E-state index contributed by atoms with van der Waals surface area (Å²) < 4.78 is 10.9. The van der Waals surface area contributed by atoms with Crippen molar-refractivity contribution in [2.45, 2.75) is 12.3 Å². The van der Waals surface area contributed by atoms with Gasteiger partial charge in [-0.3, -0.25) is 9.78 Å². The summed E-state index contributed by atoms with van der Waals surface area (Å²) in [6, 6.07) is 9.06. The summed E-state index contributed by atoms with van der Waals surface area (Å²) >= 11 is 1.65. The Bertz CT molecular complexity index is 813. The molecule has 124 valence electrons. The maximum Gasteiger partial charge on any atom is 0.289 e. The fourth-order valence-electron chi connectivity index (χ4n) is 2.25. The van der Waals surface area contributed by atoms with Crippen LogP contribution in [0, 0.1) is 0 Å². The van der Waals surface area contributed by atoms with E-state index in [0.717, 1.165) is 17.1 Å². The number of rotatable bonds is 6. The van der Waals surface area contributed by atoms with Crippen molar-refractivity contribution in [3.63, 3.8) is 0 Å². The first-order valence-electron chi connectivity index (χ1n) is 7.36. The van der Waals surface area contributed by atoms with Crippen molar-refractivity contribution in [2.24, 2.45) is 0 Å². The average Bonchev–Trinajstić information content (AvgIpc) is 3.25. The number of pyridine rings is 1. The summed E-state index contributed by atoms with van der Waals surface area (Å²) in [5, 5.41) is 4.03. The highest BCUT2D eigenvalue weighted by Gasteiger charge is 2.18. The van der Waals surface area contributed by atoms with Crippen molar-refractivity contribution in [1.29, 1.82) is 0 Å². The van der Waals surface area contributed by atoms with E-state index in [0.29, 0.717) is 23.8 Å². The van der Waals surface area contributed by atoms with E-state index in [2.05, 4.69) is 10.1 Å². The van der Waals surface area contributed by atoms with Gasteiger partial charge in [-0.05, 0) is 30.5 Å². The van der Waals surface area contributed by atoms with Gasteiger partial charge in [0.15, 0.2) is 11.5 Å². The minimum atomic E-state index is -0.191. The van der Waals surface area contributed by atoms with Crippen LogP contribution in [0.5, 0.6) is 0 Å². The molecule has 3 rings (SSSR count). The predicted molar refractivity (Wildman–Crippen MR) is 91.5 cm³/mol. The number of hydrogen-bond acceptors (Lipinski definition) is 6. The highest BCUT2D eigenvalue weighted by Crippen LogP contribution is 2.20. The third-order valence-corrected chi connectivity index (χ3v) is 4.01. The Morgan fingerprint density at radius 3 is 2.75 bits per heavy atom. The largest absolute Gasteiger partial charge is 0.455 e. The number of thioether (sulfide) groups is 1. The van der Waals surface area contributed by atoms with Crippen LogP contribution in [-0.2, 0) is 12.3 Å².